The van der Waals surface area contributed by atoms with Gasteiger partial charge in [-0.05, 0) is 37.1 Å². The molecule has 0 radical (unpaired) electrons. The summed E-state index contributed by atoms with van der Waals surface area (Å²) in [7, 11) is 0. The van der Waals surface area contributed by atoms with Crippen molar-refractivity contribution in [3.8, 4) is 6.07 Å². The minimum Gasteiger partial charge on any atom is -0.352 e. The number of nitrogens with zero attached hydrogens (tertiary/aromatic N) is 1. The summed E-state index contributed by atoms with van der Waals surface area (Å²) in [6.45, 7) is 2.32. The lowest BCUT2D eigenvalue weighted by Crippen LogP contribution is -2.40. The van der Waals surface area contributed by atoms with E-state index < -0.39 is 0 Å². The van der Waals surface area contributed by atoms with E-state index in [1.165, 1.54) is 0 Å². The molecule has 0 aliphatic carbocycles. The summed E-state index contributed by atoms with van der Waals surface area (Å²) in [6.07, 6.45) is 2.03. The molecule has 0 bridgehead atoms. The number of benzene rings is 1. The molecule has 1 aromatic rings. The third-order valence-electron chi connectivity index (χ3n) is 3.22. The van der Waals surface area contributed by atoms with E-state index in [4.69, 9.17) is 5.26 Å². The van der Waals surface area contributed by atoms with Crippen molar-refractivity contribution >= 4 is 5.91 Å². The van der Waals surface area contributed by atoms with Gasteiger partial charge in [-0.25, -0.2) is 0 Å². The second-order valence-corrected chi connectivity index (χ2v) is 4.57. The molecule has 1 fully saturated rings. The minimum atomic E-state index is 0.0946. The molecule has 2 N–H and O–H groups in total. The number of piperidine rings is 1. The van der Waals surface area contributed by atoms with Gasteiger partial charge in [0.25, 0.3) is 0 Å². The molecule has 1 saturated heterocycles. The normalized spacial score (nSPS) is 18.9. The van der Waals surface area contributed by atoms with Crippen molar-refractivity contribution in [2.75, 3.05) is 13.1 Å². The molecule has 1 unspecified atom stereocenters. The van der Waals surface area contributed by atoms with Crippen LogP contribution in [0.1, 0.15) is 24.0 Å². The fourth-order valence-electron chi connectivity index (χ4n) is 2.11. The fourth-order valence-corrected chi connectivity index (χ4v) is 2.11. The molecule has 4 heteroatoms. The van der Waals surface area contributed by atoms with Gasteiger partial charge in [-0.15, -0.1) is 0 Å². The van der Waals surface area contributed by atoms with Crippen LogP contribution in [0.15, 0.2) is 24.3 Å². The van der Waals surface area contributed by atoms with Gasteiger partial charge in [-0.1, -0.05) is 12.1 Å². The molecule has 0 spiro atoms. The van der Waals surface area contributed by atoms with Crippen molar-refractivity contribution in [3.63, 3.8) is 0 Å². The molecule has 0 saturated carbocycles. The minimum absolute atomic E-state index is 0.0946. The van der Waals surface area contributed by atoms with Crippen molar-refractivity contribution in [1.82, 2.24) is 10.6 Å². The molecule has 1 amide bonds. The van der Waals surface area contributed by atoms with Gasteiger partial charge >= 0.3 is 0 Å². The first-order chi connectivity index (χ1) is 8.79. The first-order valence-electron chi connectivity index (χ1n) is 6.27. The number of rotatable bonds is 3. The van der Waals surface area contributed by atoms with E-state index in [0.29, 0.717) is 12.1 Å². The molecule has 1 heterocycles. The Kier molecular flexibility index (Phi) is 4.32. The molecule has 1 aliphatic rings. The topological polar surface area (TPSA) is 64.9 Å². The van der Waals surface area contributed by atoms with Gasteiger partial charge < -0.3 is 10.6 Å². The van der Waals surface area contributed by atoms with Gasteiger partial charge in [0.05, 0.1) is 17.6 Å². The second kappa shape index (κ2) is 6.18. The van der Waals surface area contributed by atoms with Crippen molar-refractivity contribution in [2.24, 2.45) is 5.92 Å². The van der Waals surface area contributed by atoms with Crippen LogP contribution in [0.3, 0.4) is 0 Å². The highest BCUT2D eigenvalue weighted by molar-refractivity contribution is 5.78. The second-order valence-electron chi connectivity index (χ2n) is 4.57. The van der Waals surface area contributed by atoms with Gasteiger partial charge in [0.2, 0.25) is 5.91 Å². The van der Waals surface area contributed by atoms with Crippen LogP contribution < -0.4 is 10.6 Å². The Morgan fingerprint density at radius 1 is 1.44 bits per heavy atom. The first kappa shape index (κ1) is 12.6. The zero-order valence-electron chi connectivity index (χ0n) is 10.3. The molecular weight excluding hydrogens is 226 g/mol. The summed E-state index contributed by atoms with van der Waals surface area (Å²) in [5.74, 6) is 0.212. The molecular formula is C14H17N3O. The van der Waals surface area contributed by atoms with Crippen LogP contribution in [0, 0.1) is 17.2 Å². The summed E-state index contributed by atoms with van der Waals surface area (Å²) in [5.41, 5.74) is 1.66. The Morgan fingerprint density at radius 2 is 2.22 bits per heavy atom. The average molecular weight is 243 g/mol. The summed E-state index contributed by atoms with van der Waals surface area (Å²) in [4.78, 5) is 11.9. The van der Waals surface area contributed by atoms with Gasteiger partial charge in [-0.3, -0.25) is 4.79 Å². The number of nitriles is 1. The van der Waals surface area contributed by atoms with E-state index in [2.05, 4.69) is 16.7 Å². The molecule has 1 aromatic carbocycles. The van der Waals surface area contributed by atoms with E-state index in [-0.39, 0.29) is 11.8 Å². The number of carbonyl (C=O) groups excluding carboxylic acids is 1. The lowest BCUT2D eigenvalue weighted by atomic mass is 9.99. The maximum Gasteiger partial charge on any atom is 0.224 e. The highest BCUT2D eigenvalue weighted by Crippen LogP contribution is 2.10. The van der Waals surface area contributed by atoms with E-state index in [1.54, 1.807) is 12.1 Å². The van der Waals surface area contributed by atoms with Gasteiger partial charge in [0, 0.05) is 13.1 Å². The number of hydrogen-bond donors (Lipinski definition) is 2. The molecule has 1 atom stereocenters. The lowest BCUT2D eigenvalue weighted by Gasteiger charge is -2.21. The predicted molar refractivity (Wildman–Crippen MR) is 68.6 cm³/mol. The number of carbonyl (C=O) groups is 1. The standard InChI is InChI=1S/C14H17N3O/c15-8-11-3-5-12(6-4-11)9-17-14(18)13-2-1-7-16-10-13/h3-6,13,16H,1-2,7,9-10H2,(H,17,18). The average Bonchev–Trinajstić information content (AvgIpc) is 2.46. The lowest BCUT2D eigenvalue weighted by molar-refractivity contribution is -0.125. The highest BCUT2D eigenvalue weighted by Gasteiger charge is 2.20. The quantitative estimate of drug-likeness (QED) is 0.837. The van der Waals surface area contributed by atoms with Crippen molar-refractivity contribution < 1.29 is 4.79 Å². The van der Waals surface area contributed by atoms with Crippen molar-refractivity contribution in [2.45, 2.75) is 19.4 Å². The molecule has 1 aliphatic heterocycles. The highest BCUT2D eigenvalue weighted by atomic mass is 16.1. The molecule has 18 heavy (non-hydrogen) atoms. The SMILES string of the molecule is N#Cc1ccc(CNC(=O)C2CCCNC2)cc1. The third-order valence-corrected chi connectivity index (χ3v) is 3.22. The zero-order chi connectivity index (χ0) is 12.8. The Hall–Kier alpha value is -1.86. The van der Waals surface area contributed by atoms with Crippen molar-refractivity contribution in [3.05, 3.63) is 35.4 Å². The van der Waals surface area contributed by atoms with Gasteiger partial charge in [0.15, 0.2) is 0 Å². The number of nitrogens with one attached hydrogen (secondary N) is 2. The Bertz CT molecular complexity index is 441. The van der Waals surface area contributed by atoms with Crippen LogP contribution in [-0.2, 0) is 11.3 Å². The van der Waals surface area contributed by atoms with E-state index in [1.807, 2.05) is 12.1 Å². The molecule has 0 aromatic heterocycles. The van der Waals surface area contributed by atoms with E-state index in [0.717, 1.165) is 31.5 Å². The monoisotopic (exact) mass is 243 g/mol. The molecule has 94 valence electrons. The van der Waals surface area contributed by atoms with Gasteiger partial charge in [0.1, 0.15) is 0 Å². The maximum atomic E-state index is 11.9. The van der Waals surface area contributed by atoms with Crippen LogP contribution >= 0.6 is 0 Å². The Morgan fingerprint density at radius 3 is 2.83 bits per heavy atom. The zero-order valence-corrected chi connectivity index (χ0v) is 10.3. The van der Waals surface area contributed by atoms with Crippen LogP contribution in [0.5, 0.6) is 0 Å². The van der Waals surface area contributed by atoms with Crippen LogP contribution in [0.2, 0.25) is 0 Å². The largest absolute Gasteiger partial charge is 0.352 e. The third kappa shape index (κ3) is 3.31. The summed E-state index contributed by atoms with van der Waals surface area (Å²) >= 11 is 0. The Balaban J connectivity index is 1.83. The number of hydrogen-bond acceptors (Lipinski definition) is 3. The predicted octanol–water partition coefficient (Wildman–Crippen LogP) is 1.17. The van der Waals surface area contributed by atoms with Crippen LogP contribution in [0.4, 0.5) is 0 Å². The van der Waals surface area contributed by atoms with E-state index in [9.17, 15) is 4.79 Å². The first-order valence-corrected chi connectivity index (χ1v) is 6.27. The van der Waals surface area contributed by atoms with Crippen LogP contribution in [-0.4, -0.2) is 19.0 Å². The Labute approximate surface area is 107 Å². The molecule has 4 nitrogen and oxygen atoms in total. The summed E-state index contributed by atoms with van der Waals surface area (Å²) < 4.78 is 0. The van der Waals surface area contributed by atoms with Gasteiger partial charge in [-0.2, -0.15) is 5.26 Å². The fraction of sp³-hybridized carbons (Fsp3) is 0.429. The smallest absolute Gasteiger partial charge is 0.224 e. The maximum absolute atomic E-state index is 11.9. The number of amides is 1. The van der Waals surface area contributed by atoms with E-state index >= 15 is 0 Å². The summed E-state index contributed by atoms with van der Waals surface area (Å²) in [6, 6.07) is 9.36. The van der Waals surface area contributed by atoms with Crippen molar-refractivity contribution in [1.29, 1.82) is 5.26 Å². The molecule has 2 rings (SSSR count). The summed E-state index contributed by atoms with van der Waals surface area (Å²) in [5, 5.41) is 14.9. The van der Waals surface area contributed by atoms with Crippen LogP contribution in [0.25, 0.3) is 0 Å².